The Morgan fingerprint density at radius 2 is 1.65 bits per heavy atom. The maximum atomic E-state index is 11.3. The van der Waals surface area contributed by atoms with Crippen LogP contribution in [0.5, 0.6) is 17.2 Å². The van der Waals surface area contributed by atoms with Gasteiger partial charge in [0, 0.05) is 13.0 Å². The number of rotatable bonds is 9. The minimum atomic E-state index is -0.459. The molecule has 0 N–H and O–H groups in total. The Bertz CT molecular complexity index is 1060. The highest BCUT2D eigenvalue weighted by Gasteiger charge is 2.18. The van der Waals surface area contributed by atoms with Gasteiger partial charge in [0.2, 0.25) is 0 Å². The predicted octanol–water partition coefficient (Wildman–Crippen LogP) is 4.18. The summed E-state index contributed by atoms with van der Waals surface area (Å²) in [6.07, 6.45) is 0. The molecular weight excluding hydrogens is 396 g/mol. The summed E-state index contributed by atoms with van der Waals surface area (Å²) in [6, 6.07) is 20.6. The van der Waals surface area contributed by atoms with Crippen molar-refractivity contribution in [1.82, 2.24) is 4.98 Å². The zero-order valence-corrected chi connectivity index (χ0v) is 17.3. The van der Waals surface area contributed by atoms with Crippen LogP contribution >= 0.6 is 0 Å². The summed E-state index contributed by atoms with van der Waals surface area (Å²) in [5.74, 6) is 0.965. The lowest BCUT2D eigenvalue weighted by Gasteiger charge is -2.17. The number of pyridine rings is 1. The van der Waals surface area contributed by atoms with E-state index in [2.05, 4.69) is 4.98 Å². The smallest absolute Gasteiger partial charge is 0.303 e. The Hall–Kier alpha value is -4.05. The molecule has 0 bridgehead atoms. The predicted molar refractivity (Wildman–Crippen MR) is 113 cm³/mol. The van der Waals surface area contributed by atoms with Gasteiger partial charge in [-0.05, 0) is 23.3 Å². The molecule has 0 amide bonds. The van der Waals surface area contributed by atoms with Crippen molar-refractivity contribution in [1.29, 1.82) is 5.26 Å². The van der Waals surface area contributed by atoms with Gasteiger partial charge in [0.25, 0.3) is 0 Å². The first-order valence-corrected chi connectivity index (χ1v) is 9.59. The molecule has 0 fully saturated rings. The number of aromatic nitrogens is 1. The average molecular weight is 418 g/mol. The highest BCUT2D eigenvalue weighted by Crippen LogP contribution is 2.33. The quantitative estimate of drug-likeness (QED) is 0.481. The Morgan fingerprint density at radius 3 is 2.29 bits per heavy atom. The largest absolute Gasteiger partial charge is 0.497 e. The van der Waals surface area contributed by atoms with E-state index in [1.54, 1.807) is 7.11 Å². The lowest BCUT2D eigenvalue weighted by Crippen LogP contribution is -2.08. The molecule has 0 aliphatic rings. The van der Waals surface area contributed by atoms with E-state index < -0.39 is 5.97 Å². The Balaban J connectivity index is 1.88. The molecule has 7 nitrogen and oxygen atoms in total. The molecule has 7 heteroatoms. The number of nitrogens with zero attached hydrogens (tertiary/aromatic N) is 2. The summed E-state index contributed by atoms with van der Waals surface area (Å²) in [7, 11) is 1.60. The van der Waals surface area contributed by atoms with Gasteiger partial charge in [-0.25, -0.2) is 4.98 Å². The summed E-state index contributed by atoms with van der Waals surface area (Å²) < 4.78 is 22.3. The SMILES string of the molecule is COc1ccc(COc2cc(C#N)nc(COC(C)=O)c2OCc2ccccc2)cc1. The molecule has 3 aromatic rings. The first-order chi connectivity index (χ1) is 15.1. The van der Waals surface area contributed by atoms with E-state index in [9.17, 15) is 10.1 Å². The van der Waals surface area contributed by atoms with Crippen molar-refractivity contribution in [2.75, 3.05) is 7.11 Å². The van der Waals surface area contributed by atoms with Crippen LogP contribution in [0.15, 0.2) is 60.7 Å². The number of hydrogen-bond donors (Lipinski definition) is 0. The van der Waals surface area contributed by atoms with Crippen LogP contribution in [-0.2, 0) is 29.4 Å². The highest BCUT2D eigenvalue weighted by molar-refractivity contribution is 5.66. The summed E-state index contributed by atoms with van der Waals surface area (Å²) in [5, 5.41) is 9.38. The molecule has 158 valence electrons. The fraction of sp³-hybridized carbons (Fsp3) is 0.208. The van der Waals surface area contributed by atoms with Gasteiger partial charge in [0.15, 0.2) is 11.5 Å². The number of esters is 1. The topological polar surface area (TPSA) is 90.7 Å². The van der Waals surface area contributed by atoms with E-state index in [1.165, 1.54) is 13.0 Å². The third-order valence-corrected chi connectivity index (χ3v) is 4.32. The van der Waals surface area contributed by atoms with Crippen LogP contribution in [-0.4, -0.2) is 18.1 Å². The van der Waals surface area contributed by atoms with Crippen molar-refractivity contribution in [3.05, 3.63) is 83.2 Å². The Labute approximate surface area is 180 Å². The van der Waals surface area contributed by atoms with E-state index in [0.717, 1.165) is 16.9 Å². The normalized spacial score (nSPS) is 10.1. The van der Waals surface area contributed by atoms with E-state index in [1.807, 2.05) is 60.7 Å². The van der Waals surface area contributed by atoms with Crippen LogP contribution in [0, 0.1) is 11.3 Å². The van der Waals surface area contributed by atoms with Crippen molar-refractivity contribution in [3.63, 3.8) is 0 Å². The first-order valence-electron chi connectivity index (χ1n) is 9.59. The molecule has 0 aliphatic carbocycles. The molecule has 0 atom stereocenters. The molecule has 0 spiro atoms. The zero-order chi connectivity index (χ0) is 22.1. The first kappa shape index (κ1) is 21.7. The monoisotopic (exact) mass is 418 g/mol. The number of carbonyl (C=O) groups excluding carboxylic acids is 1. The highest BCUT2D eigenvalue weighted by atomic mass is 16.5. The number of carbonyl (C=O) groups is 1. The molecule has 31 heavy (non-hydrogen) atoms. The molecule has 3 rings (SSSR count). The van der Waals surface area contributed by atoms with Gasteiger partial charge >= 0.3 is 5.97 Å². The van der Waals surface area contributed by atoms with Crippen molar-refractivity contribution < 1.29 is 23.7 Å². The lowest BCUT2D eigenvalue weighted by molar-refractivity contribution is -0.142. The molecule has 0 unspecified atom stereocenters. The van der Waals surface area contributed by atoms with Crippen molar-refractivity contribution in [3.8, 4) is 23.3 Å². The summed E-state index contributed by atoms with van der Waals surface area (Å²) in [5.41, 5.74) is 2.31. The van der Waals surface area contributed by atoms with Gasteiger partial charge in [-0.15, -0.1) is 0 Å². The van der Waals surface area contributed by atoms with Crippen LogP contribution in [0.4, 0.5) is 0 Å². The lowest BCUT2D eigenvalue weighted by atomic mass is 10.2. The van der Waals surface area contributed by atoms with Gasteiger partial charge in [-0.1, -0.05) is 42.5 Å². The van der Waals surface area contributed by atoms with Gasteiger partial charge in [0.1, 0.15) is 43.0 Å². The molecule has 1 aromatic heterocycles. The second-order valence-corrected chi connectivity index (χ2v) is 6.58. The summed E-state index contributed by atoms with van der Waals surface area (Å²) in [4.78, 5) is 15.6. The number of hydrogen-bond acceptors (Lipinski definition) is 7. The number of ether oxygens (including phenoxy) is 4. The molecule has 0 aliphatic heterocycles. The van der Waals surface area contributed by atoms with Gasteiger partial charge in [-0.2, -0.15) is 5.26 Å². The van der Waals surface area contributed by atoms with Gasteiger partial charge < -0.3 is 18.9 Å². The third kappa shape index (κ3) is 6.21. The standard InChI is InChI=1S/C24H22N2O5/c1-17(27)29-16-22-24(31-15-18-6-4-3-5-7-18)23(12-20(13-25)26-22)30-14-19-8-10-21(28-2)11-9-19/h3-12H,14-16H2,1-2H3. The van der Waals surface area contributed by atoms with Crippen LogP contribution < -0.4 is 14.2 Å². The molecule has 1 heterocycles. The van der Waals surface area contributed by atoms with E-state index in [0.29, 0.717) is 17.2 Å². The van der Waals surface area contributed by atoms with Crippen LogP contribution in [0.25, 0.3) is 0 Å². The molecule has 0 saturated carbocycles. The van der Waals surface area contributed by atoms with E-state index in [4.69, 9.17) is 18.9 Å². The zero-order valence-electron chi connectivity index (χ0n) is 17.3. The van der Waals surface area contributed by atoms with Gasteiger partial charge in [-0.3, -0.25) is 4.79 Å². The minimum Gasteiger partial charge on any atom is -0.497 e. The minimum absolute atomic E-state index is 0.131. The summed E-state index contributed by atoms with van der Waals surface area (Å²) >= 11 is 0. The maximum absolute atomic E-state index is 11.3. The fourth-order valence-electron chi connectivity index (χ4n) is 2.76. The second-order valence-electron chi connectivity index (χ2n) is 6.58. The number of methoxy groups -OCH3 is 1. The Morgan fingerprint density at radius 1 is 0.968 bits per heavy atom. The third-order valence-electron chi connectivity index (χ3n) is 4.32. The van der Waals surface area contributed by atoms with Crippen molar-refractivity contribution in [2.45, 2.75) is 26.7 Å². The van der Waals surface area contributed by atoms with Gasteiger partial charge in [0.05, 0.1) is 7.11 Å². The molecule has 0 radical (unpaired) electrons. The molecule has 2 aromatic carbocycles. The summed E-state index contributed by atoms with van der Waals surface area (Å²) in [6.45, 7) is 1.68. The van der Waals surface area contributed by atoms with Crippen molar-refractivity contribution in [2.24, 2.45) is 0 Å². The number of benzene rings is 2. The van der Waals surface area contributed by atoms with Crippen LogP contribution in [0.2, 0.25) is 0 Å². The number of nitriles is 1. The average Bonchev–Trinajstić information content (AvgIpc) is 2.81. The molecule has 0 saturated heterocycles. The van der Waals surface area contributed by atoms with Crippen LogP contribution in [0.1, 0.15) is 29.4 Å². The van der Waals surface area contributed by atoms with Crippen molar-refractivity contribution >= 4 is 5.97 Å². The fourth-order valence-corrected chi connectivity index (χ4v) is 2.76. The second kappa shape index (κ2) is 10.6. The van der Waals surface area contributed by atoms with Crippen LogP contribution in [0.3, 0.4) is 0 Å². The maximum Gasteiger partial charge on any atom is 0.303 e. The Kier molecular flexibility index (Phi) is 7.44. The molecular formula is C24H22N2O5. The van der Waals surface area contributed by atoms with E-state index >= 15 is 0 Å². The van der Waals surface area contributed by atoms with E-state index in [-0.39, 0.29) is 25.5 Å².